The van der Waals surface area contributed by atoms with E-state index in [1.807, 2.05) is 0 Å². The number of fused-ring (bicyclic) bond motifs is 1. The second kappa shape index (κ2) is 7.15. The quantitative estimate of drug-likeness (QED) is 0.754. The number of esters is 1. The predicted molar refractivity (Wildman–Crippen MR) is 102 cm³/mol. The molecule has 0 unspecified atom stereocenters. The molecule has 0 fully saturated rings. The molecule has 1 aliphatic heterocycles. The molecule has 0 saturated carbocycles. The third-order valence-corrected chi connectivity index (χ3v) is 6.86. The number of methoxy groups -OCH3 is 1. The van der Waals surface area contributed by atoms with Gasteiger partial charge in [0.2, 0.25) is 0 Å². The zero-order chi connectivity index (χ0) is 19.8. The van der Waals surface area contributed by atoms with Crippen LogP contribution in [0.15, 0.2) is 47.4 Å². The van der Waals surface area contributed by atoms with Gasteiger partial charge in [-0.3, -0.25) is 4.79 Å². The van der Waals surface area contributed by atoms with E-state index in [1.54, 1.807) is 49.1 Å². The van der Waals surface area contributed by atoms with E-state index >= 15 is 0 Å². The molecule has 7 heteroatoms. The number of anilines is 1. The first-order valence-electron chi connectivity index (χ1n) is 8.62. The number of carbonyl (C=O) groups excluding carboxylic acids is 2. The molecule has 0 atom stereocenters. The molecule has 0 spiro atoms. The van der Waals surface area contributed by atoms with Crippen molar-refractivity contribution >= 4 is 27.4 Å². The Morgan fingerprint density at radius 1 is 1.04 bits per heavy atom. The molecule has 27 heavy (non-hydrogen) atoms. The van der Waals surface area contributed by atoms with Gasteiger partial charge in [-0.1, -0.05) is 0 Å². The number of amides is 1. The number of rotatable bonds is 4. The highest BCUT2D eigenvalue weighted by atomic mass is 32.2. The molecule has 1 heterocycles. The zero-order valence-electron chi connectivity index (χ0n) is 15.4. The lowest BCUT2D eigenvalue weighted by Crippen LogP contribution is -2.28. The van der Waals surface area contributed by atoms with Gasteiger partial charge in [-0.05, 0) is 68.3 Å². The summed E-state index contributed by atoms with van der Waals surface area (Å²) >= 11 is 0. The Morgan fingerprint density at radius 3 is 2.26 bits per heavy atom. The van der Waals surface area contributed by atoms with Gasteiger partial charge >= 0.3 is 5.97 Å². The second-order valence-corrected chi connectivity index (χ2v) is 9.16. The molecule has 0 bridgehead atoms. The van der Waals surface area contributed by atoms with Crippen LogP contribution in [0.4, 0.5) is 5.69 Å². The third kappa shape index (κ3) is 3.47. The predicted octanol–water partition coefficient (Wildman–Crippen LogP) is 2.86. The van der Waals surface area contributed by atoms with E-state index in [4.69, 9.17) is 4.74 Å². The molecule has 0 N–H and O–H groups in total. The van der Waals surface area contributed by atoms with Gasteiger partial charge in [-0.15, -0.1) is 0 Å². The molecule has 2 aromatic carbocycles. The standard InChI is InChI=1S/C20H21NO5S/c1-13(2)27(24,25)17-7-4-14(5-8-17)19(22)21-11-10-15-12-16(20(23)26-3)6-9-18(15)21/h4-9,12-13H,10-11H2,1-3H3. The van der Waals surface area contributed by atoms with E-state index in [-0.39, 0.29) is 10.8 Å². The number of hydrogen-bond donors (Lipinski definition) is 0. The molecule has 142 valence electrons. The molecule has 0 aliphatic carbocycles. The Morgan fingerprint density at radius 2 is 1.67 bits per heavy atom. The minimum atomic E-state index is -3.37. The van der Waals surface area contributed by atoms with Crippen molar-refractivity contribution < 1.29 is 22.7 Å². The van der Waals surface area contributed by atoms with Gasteiger partial charge in [0.1, 0.15) is 0 Å². The molecule has 2 aromatic rings. The van der Waals surface area contributed by atoms with Gasteiger partial charge in [-0.2, -0.15) is 0 Å². The van der Waals surface area contributed by atoms with Gasteiger partial charge in [0.25, 0.3) is 5.91 Å². The molecule has 0 saturated heterocycles. The Bertz CT molecular complexity index is 994. The van der Waals surface area contributed by atoms with Gasteiger partial charge in [0.15, 0.2) is 9.84 Å². The Labute approximate surface area is 158 Å². The van der Waals surface area contributed by atoms with E-state index in [0.29, 0.717) is 24.1 Å². The molecule has 1 aliphatic rings. The summed E-state index contributed by atoms with van der Waals surface area (Å²) in [5.41, 5.74) is 2.54. The first-order chi connectivity index (χ1) is 12.8. The number of nitrogens with zero attached hydrogens (tertiary/aromatic N) is 1. The van der Waals surface area contributed by atoms with Crippen LogP contribution in [0.5, 0.6) is 0 Å². The second-order valence-electron chi connectivity index (χ2n) is 6.66. The highest BCUT2D eigenvalue weighted by Crippen LogP contribution is 2.30. The van der Waals surface area contributed by atoms with Crippen molar-refractivity contribution in [1.82, 2.24) is 0 Å². The van der Waals surface area contributed by atoms with E-state index in [9.17, 15) is 18.0 Å². The fraction of sp³-hybridized carbons (Fsp3) is 0.300. The van der Waals surface area contributed by atoms with Crippen molar-refractivity contribution in [2.24, 2.45) is 0 Å². The Kier molecular flexibility index (Phi) is 5.06. The lowest BCUT2D eigenvalue weighted by atomic mass is 10.1. The van der Waals surface area contributed by atoms with Crippen LogP contribution in [-0.2, 0) is 21.0 Å². The summed E-state index contributed by atoms with van der Waals surface area (Å²) in [4.78, 5) is 26.4. The maximum absolute atomic E-state index is 12.9. The van der Waals surface area contributed by atoms with Crippen LogP contribution in [0.1, 0.15) is 40.1 Å². The van der Waals surface area contributed by atoms with Crippen LogP contribution in [0.3, 0.4) is 0 Å². The van der Waals surface area contributed by atoms with Crippen molar-refractivity contribution in [2.75, 3.05) is 18.6 Å². The average molecular weight is 387 g/mol. The van der Waals surface area contributed by atoms with Crippen molar-refractivity contribution in [2.45, 2.75) is 30.4 Å². The summed E-state index contributed by atoms with van der Waals surface area (Å²) in [6.07, 6.45) is 0.645. The number of sulfone groups is 1. The Hall–Kier alpha value is -2.67. The Balaban J connectivity index is 1.86. The molecule has 0 aromatic heterocycles. The SMILES string of the molecule is COC(=O)c1ccc2c(c1)CCN2C(=O)c1ccc(S(=O)(=O)C(C)C)cc1. The summed E-state index contributed by atoms with van der Waals surface area (Å²) in [6, 6.07) is 11.1. The van der Waals surface area contributed by atoms with Crippen LogP contribution >= 0.6 is 0 Å². The van der Waals surface area contributed by atoms with Crippen LogP contribution < -0.4 is 4.90 Å². The van der Waals surface area contributed by atoms with Gasteiger partial charge in [0.05, 0.1) is 22.8 Å². The third-order valence-electron chi connectivity index (χ3n) is 4.69. The fourth-order valence-electron chi connectivity index (χ4n) is 3.07. The fourth-order valence-corrected chi connectivity index (χ4v) is 4.13. The minimum Gasteiger partial charge on any atom is -0.465 e. The summed E-state index contributed by atoms with van der Waals surface area (Å²) < 4.78 is 29.1. The van der Waals surface area contributed by atoms with Gasteiger partial charge in [0, 0.05) is 17.8 Å². The first-order valence-corrected chi connectivity index (χ1v) is 10.2. The maximum Gasteiger partial charge on any atom is 0.337 e. The first kappa shape index (κ1) is 19.1. The summed E-state index contributed by atoms with van der Waals surface area (Å²) in [5.74, 6) is -0.613. The smallest absolute Gasteiger partial charge is 0.337 e. The summed E-state index contributed by atoms with van der Waals surface area (Å²) in [7, 11) is -2.04. The maximum atomic E-state index is 12.9. The summed E-state index contributed by atoms with van der Waals surface area (Å²) in [6.45, 7) is 3.75. The normalized spacial score (nSPS) is 13.6. The highest BCUT2D eigenvalue weighted by Gasteiger charge is 2.27. The van der Waals surface area contributed by atoms with E-state index in [0.717, 1.165) is 11.3 Å². The molecule has 6 nitrogen and oxygen atoms in total. The monoisotopic (exact) mass is 387 g/mol. The minimum absolute atomic E-state index is 0.201. The number of carbonyl (C=O) groups is 2. The average Bonchev–Trinajstić information content (AvgIpc) is 3.09. The van der Waals surface area contributed by atoms with Crippen molar-refractivity contribution in [3.8, 4) is 0 Å². The molecular weight excluding hydrogens is 366 g/mol. The highest BCUT2D eigenvalue weighted by molar-refractivity contribution is 7.92. The van der Waals surface area contributed by atoms with Gasteiger partial charge in [-0.25, -0.2) is 13.2 Å². The number of ether oxygens (including phenoxy) is 1. The van der Waals surface area contributed by atoms with Crippen molar-refractivity contribution in [3.63, 3.8) is 0 Å². The lowest BCUT2D eigenvalue weighted by Gasteiger charge is -2.18. The van der Waals surface area contributed by atoms with Crippen molar-refractivity contribution in [3.05, 3.63) is 59.2 Å². The zero-order valence-corrected chi connectivity index (χ0v) is 16.2. The van der Waals surface area contributed by atoms with E-state index in [2.05, 4.69) is 0 Å². The van der Waals surface area contributed by atoms with Crippen LogP contribution in [-0.4, -0.2) is 39.2 Å². The lowest BCUT2D eigenvalue weighted by molar-refractivity contribution is 0.0600. The van der Waals surface area contributed by atoms with E-state index < -0.39 is 21.1 Å². The van der Waals surface area contributed by atoms with E-state index in [1.165, 1.54) is 19.2 Å². The molecular formula is C20H21NO5S. The number of hydrogen-bond acceptors (Lipinski definition) is 5. The number of benzene rings is 2. The molecule has 3 rings (SSSR count). The largest absolute Gasteiger partial charge is 0.465 e. The molecule has 1 amide bonds. The summed E-state index contributed by atoms with van der Waals surface area (Å²) in [5, 5.41) is -0.520. The molecule has 0 radical (unpaired) electrons. The van der Waals surface area contributed by atoms with Crippen molar-refractivity contribution in [1.29, 1.82) is 0 Å². The van der Waals surface area contributed by atoms with Crippen LogP contribution in [0.25, 0.3) is 0 Å². The van der Waals surface area contributed by atoms with Crippen LogP contribution in [0.2, 0.25) is 0 Å². The van der Waals surface area contributed by atoms with Gasteiger partial charge < -0.3 is 9.64 Å². The van der Waals surface area contributed by atoms with Crippen LogP contribution in [0, 0.1) is 0 Å². The topological polar surface area (TPSA) is 80.8 Å².